The molecule has 6 unspecified atom stereocenters. The summed E-state index contributed by atoms with van der Waals surface area (Å²) in [6, 6.07) is 4.80. The minimum Gasteiger partial charge on any atom is -0.459 e. The first-order valence-electron chi connectivity index (χ1n) is 23.5. The van der Waals surface area contributed by atoms with Crippen LogP contribution in [0.2, 0.25) is 0 Å². The first-order chi connectivity index (χ1) is 29.8. The number of oxime groups is 1. The number of hydrogen-bond donors (Lipinski definition) is 4. The van der Waals surface area contributed by atoms with Crippen LogP contribution in [0.15, 0.2) is 47.7 Å². The van der Waals surface area contributed by atoms with E-state index in [1.165, 1.54) is 32.1 Å². The summed E-state index contributed by atoms with van der Waals surface area (Å²) in [4.78, 5) is 35.2. The van der Waals surface area contributed by atoms with Crippen molar-refractivity contribution in [2.45, 2.75) is 148 Å². The predicted octanol–water partition coefficient (Wildman–Crippen LogP) is 8.21. The third-order valence-electron chi connectivity index (χ3n) is 12.4. The average Bonchev–Trinajstić information content (AvgIpc) is 3.26. The molecule has 4 rings (SSSR count). The Kier molecular flexibility index (Phi) is 22.6. The summed E-state index contributed by atoms with van der Waals surface area (Å²) < 4.78 is 26.0. The van der Waals surface area contributed by atoms with Gasteiger partial charge in [-0.05, 0) is 81.6 Å². The normalized spacial score (nSPS) is 23.3. The number of hydrogen-bond acceptors (Lipinski definition) is 11. The van der Waals surface area contributed by atoms with Crippen LogP contribution < -0.4 is 14.8 Å². The predicted molar refractivity (Wildman–Crippen MR) is 238 cm³/mol. The maximum absolute atomic E-state index is 14.8. The van der Waals surface area contributed by atoms with Crippen molar-refractivity contribution in [3.8, 4) is 11.5 Å². The minimum absolute atomic E-state index is 0.0270. The fourth-order valence-electron chi connectivity index (χ4n) is 9.66. The molecule has 1 heterocycles. The number of fused-ring (bicyclic) bond motifs is 2. The Labute approximate surface area is 365 Å². The number of carbonyl (C=O) groups excluding carboxylic acids is 2. The molecule has 13 heteroatoms. The van der Waals surface area contributed by atoms with Gasteiger partial charge < -0.3 is 49.3 Å². The lowest BCUT2D eigenvalue weighted by Crippen LogP contribution is -2.70. The van der Waals surface area contributed by atoms with E-state index < -0.39 is 23.8 Å². The molecule has 0 bridgehead atoms. The Morgan fingerprint density at radius 3 is 2.33 bits per heavy atom. The molecule has 2 amide bonds. The van der Waals surface area contributed by atoms with Gasteiger partial charge >= 0.3 is 6.09 Å². The number of amides is 2. The van der Waals surface area contributed by atoms with Gasteiger partial charge in [0.25, 0.3) is 0 Å². The van der Waals surface area contributed by atoms with E-state index in [9.17, 15) is 24.9 Å². The lowest BCUT2D eigenvalue weighted by molar-refractivity contribution is -0.258. The highest BCUT2D eigenvalue weighted by Gasteiger charge is 2.65. The quantitative estimate of drug-likeness (QED) is 0.0325. The van der Waals surface area contributed by atoms with Gasteiger partial charge in [0.05, 0.1) is 38.1 Å². The molecule has 0 radical (unpaired) electrons. The highest BCUT2D eigenvalue weighted by Crippen LogP contribution is 2.62. The van der Waals surface area contributed by atoms with Gasteiger partial charge in [0.1, 0.15) is 24.1 Å². The van der Waals surface area contributed by atoms with Crippen molar-refractivity contribution in [1.29, 1.82) is 0 Å². The first kappa shape index (κ1) is 50.2. The number of nitrogens with one attached hydrogen (secondary N) is 1. The SMILES string of the molecule is C=CCOC12Oc3ccc(OC(=O)NCC)cc3C3C(CCCCO)C(CCCCO)C=C(C(=NOCC)CC1N(CCOCCO)C(=O)CCCCCCCCCCC)C32. The highest BCUT2D eigenvalue weighted by atomic mass is 16.7. The van der Waals surface area contributed by atoms with Crippen molar-refractivity contribution in [2.24, 2.45) is 22.9 Å². The van der Waals surface area contributed by atoms with Crippen molar-refractivity contribution in [3.63, 3.8) is 0 Å². The lowest BCUT2D eigenvalue weighted by atomic mass is 9.55. The van der Waals surface area contributed by atoms with Crippen molar-refractivity contribution in [3.05, 3.63) is 48.1 Å². The van der Waals surface area contributed by atoms with Crippen LogP contribution in [0, 0.1) is 17.8 Å². The van der Waals surface area contributed by atoms with Gasteiger partial charge in [-0.25, -0.2) is 4.79 Å². The monoisotopic (exact) mass is 856 g/mol. The van der Waals surface area contributed by atoms with Crippen molar-refractivity contribution in [2.75, 3.05) is 59.3 Å². The van der Waals surface area contributed by atoms with Gasteiger partial charge in [0.15, 0.2) is 0 Å². The molecule has 1 aromatic carbocycles. The summed E-state index contributed by atoms with van der Waals surface area (Å²) in [6.07, 6.45) is 18.8. The summed E-state index contributed by atoms with van der Waals surface area (Å²) >= 11 is 0. The van der Waals surface area contributed by atoms with Crippen molar-refractivity contribution in [1.82, 2.24) is 10.2 Å². The van der Waals surface area contributed by atoms with E-state index in [1.807, 2.05) is 30.9 Å². The number of nitrogens with zero attached hydrogens (tertiary/aromatic N) is 2. The maximum Gasteiger partial charge on any atom is 0.412 e. The van der Waals surface area contributed by atoms with Gasteiger partial charge in [-0.2, -0.15) is 0 Å². The van der Waals surface area contributed by atoms with Crippen LogP contribution in [-0.4, -0.2) is 109 Å². The second-order valence-corrected chi connectivity index (χ2v) is 16.6. The molecule has 0 spiro atoms. The molecule has 1 aliphatic heterocycles. The molecule has 1 aromatic rings. The lowest BCUT2D eigenvalue weighted by Gasteiger charge is -2.60. The molecule has 344 valence electrons. The first-order valence-corrected chi connectivity index (χ1v) is 23.5. The van der Waals surface area contributed by atoms with Crippen LogP contribution in [0.1, 0.15) is 141 Å². The maximum atomic E-state index is 14.8. The van der Waals surface area contributed by atoms with Crippen LogP contribution in [-0.2, 0) is 19.1 Å². The summed E-state index contributed by atoms with van der Waals surface area (Å²) in [5.41, 5.74) is 2.53. The molecule has 13 nitrogen and oxygen atoms in total. The third kappa shape index (κ3) is 14.0. The zero-order valence-electron chi connectivity index (χ0n) is 37.5. The second-order valence-electron chi connectivity index (χ2n) is 16.6. The van der Waals surface area contributed by atoms with Crippen LogP contribution >= 0.6 is 0 Å². The summed E-state index contributed by atoms with van der Waals surface area (Å²) in [5.74, 6) is -1.11. The molecule has 0 aromatic heterocycles. The molecule has 6 atom stereocenters. The number of aliphatic hydroxyl groups is 3. The van der Waals surface area contributed by atoms with Crippen molar-refractivity contribution >= 4 is 17.7 Å². The molecule has 1 saturated carbocycles. The van der Waals surface area contributed by atoms with Gasteiger partial charge in [-0.15, -0.1) is 6.58 Å². The Morgan fingerprint density at radius 2 is 1.66 bits per heavy atom. The zero-order chi connectivity index (χ0) is 43.9. The molecular formula is C48H77N3O10. The van der Waals surface area contributed by atoms with E-state index in [0.29, 0.717) is 50.3 Å². The summed E-state index contributed by atoms with van der Waals surface area (Å²) in [7, 11) is 0. The zero-order valence-corrected chi connectivity index (χ0v) is 37.5. The van der Waals surface area contributed by atoms with E-state index in [-0.39, 0.29) is 69.8 Å². The molecule has 4 N–H and O–H groups in total. The molecule has 3 aliphatic rings. The number of aliphatic hydroxyl groups excluding tert-OH is 3. The minimum atomic E-state index is -1.40. The van der Waals surface area contributed by atoms with Gasteiger partial charge in [-0.3, -0.25) is 4.79 Å². The molecular weight excluding hydrogens is 779 g/mol. The number of benzene rings is 1. The number of rotatable bonds is 31. The standard InChI is InChI=1S/C48H77N3O10/c1-5-9-10-11-12-13-14-15-16-23-44(55)51(26-31-57-32-29-54)43-35-41(50-59-8-4)39-33-36(21-17-19-27-52)38(22-18-20-28-53)45-40-34-37(60-47(56)49-7-3)24-25-42(40)61-48(43,46(39)45)58-30-6-2/h6,24-25,33-34,36,38,43,45-46,52-54H,2,5,7-23,26-32,35H2,1,3-4H3,(H,49,56). The van der Waals surface area contributed by atoms with E-state index in [2.05, 4.69) is 24.9 Å². The number of allylic oxidation sites excluding steroid dienone is 1. The second kappa shape index (κ2) is 27.5. The average molecular weight is 856 g/mol. The number of unbranched alkanes of at least 4 members (excludes halogenated alkanes) is 10. The van der Waals surface area contributed by atoms with E-state index >= 15 is 0 Å². The van der Waals surface area contributed by atoms with E-state index in [1.54, 1.807) is 12.1 Å². The highest BCUT2D eigenvalue weighted by molar-refractivity contribution is 6.03. The summed E-state index contributed by atoms with van der Waals surface area (Å²) in [5, 5.41) is 36.8. The molecule has 1 fully saturated rings. The Balaban J connectivity index is 1.88. The number of ether oxygens (including phenoxy) is 4. The third-order valence-corrected chi connectivity index (χ3v) is 12.4. The fourth-order valence-corrected chi connectivity index (χ4v) is 9.66. The van der Waals surface area contributed by atoms with Gasteiger partial charge in [0, 0.05) is 50.6 Å². The van der Waals surface area contributed by atoms with Crippen LogP contribution in [0.3, 0.4) is 0 Å². The van der Waals surface area contributed by atoms with Crippen LogP contribution in [0.25, 0.3) is 0 Å². The Morgan fingerprint density at radius 1 is 0.934 bits per heavy atom. The molecule has 2 aliphatic carbocycles. The smallest absolute Gasteiger partial charge is 0.412 e. The Hall–Kier alpha value is -3.49. The van der Waals surface area contributed by atoms with Gasteiger partial charge in [0.2, 0.25) is 11.7 Å². The number of carbonyl (C=O) groups is 2. The topological polar surface area (TPSA) is 169 Å². The van der Waals surface area contributed by atoms with Crippen molar-refractivity contribution < 1.29 is 48.7 Å². The Bertz CT molecular complexity index is 1540. The van der Waals surface area contributed by atoms with E-state index in [4.69, 9.17) is 28.9 Å². The molecule has 0 saturated heterocycles. The molecule has 61 heavy (non-hydrogen) atoms. The fraction of sp³-hybridized carbons (Fsp3) is 0.729. The largest absolute Gasteiger partial charge is 0.459 e. The summed E-state index contributed by atoms with van der Waals surface area (Å²) in [6.45, 7) is 11.6. The van der Waals surface area contributed by atoms with Gasteiger partial charge in [-0.1, -0.05) is 88.4 Å². The van der Waals surface area contributed by atoms with Crippen LogP contribution in [0.5, 0.6) is 11.5 Å². The van der Waals surface area contributed by atoms with Crippen LogP contribution in [0.4, 0.5) is 4.79 Å². The van der Waals surface area contributed by atoms with E-state index in [0.717, 1.165) is 68.2 Å².